The van der Waals surface area contributed by atoms with Crippen LogP contribution in [0.2, 0.25) is 0 Å². The Labute approximate surface area is 127 Å². The van der Waals surface area contributed by atoms with Crippen LogP contribution in [0.25, 0.3) is 0 Å². The van der Waals surface area contributed by atoms with E-state index in [2.05, 4.69) is 31.5 Å². The minimum absolute atomic E-state index is 0.0176. The smallest absolute Gasteiger partial charge is 0.238 e. The summed E-state index contributed by atoms with van der Waals surface area (Å²) in [6, 6.07) is 5.52. The van der Waals surface area contributed by atoms with Crippen LogP contribution in [-0.2, 0) is 4.79 Å². The van der Waals surface area contributed by atoms with Crippen molar-refractivity contribution in [3.8, 4) is 5.75 Å². The summed E-state index contributed by atoms with van der Waals surface area (Å²) in [5.41, 5.74) is 0.774. The van der Waals surface area contributed by atoms with Gasteiger partial charge in [-0.2, -0.15) is 0 Å². The van der Waals surface area contributed by atoms with Crippen LogP contribution in [0.4, 0.5) is 5.69 Å². The first kappa shape index (κ1) is 15.3. The molecule has 1 saturated heterocycles. The number of nitrogens with one attached hydrogen (secondary N) is 2. The molecule has 0 aliphatic carbocycles. The Hall–Kier alpha value is -1.11. The number of ether oxygens (including phenoxy) is 1. The molecule has 0 aromatic heterocycles. The van der Waals surface area contributed by atoms with E-state index in [1.165, 1.54) is 0 Å². The SMILES string of the molecule is COc1ccc(NC(=O)CN2CCCNCC2)cc1Br. The lowest BCUT2D eigenvalue weighted by Gasteiger charge is -2.18. The summed E-state index contributed by atoms with van der Waals surface area (Å²) in [7, 11) is 1.62. The quantitative estimate of drug-likeness (QED) is 0.875. The monoisotopic (exact) mass is 341 g/mol. The molecule has 5 nitrogen and oxygen atoms in total. The molecule has 0 radical (unpaired) electrons. The number of anilines is 1. The third-order valence-corrected chi connectivity index (χ3v) is 3.86. The van der Waals surface area contributed by atoms with Crippen molar-refractivity contribution in [2.75, 3.05) is 45.2 Å². The van der Waals surface area contributed by atoms with Crippen LogP contribution in [0.3, 0.4) is 0 Å². The van der Waals surface area contributed by atoms with Gasteiger partial charge in [-0.15, -0.1) is 0 Å². The number of carbonyl (C=O) groups is 1. The van der Waals surface area contributed by atoms with E-state index < -0.39 is 0 Å². The maximum atomic E-state index is 12.0. The Balaban J connectivity index is 1.88. The van der Waals surface area contributed by atoms with Crippen LogP contribution in [0.15, 0.2) is 22.7 Å². The number of carbonyl (C=O) groups excluding carboxylic acids is 1. The summed E-state index contributed by atoms with van der Waals surface area (Å²) in [5, 5.41) is 6.24. The van der Waals surface area contributed by atoms with Crippen LogP contribution < -0.4 is 15.4 Å². The van der Waals surface area contributed by atoms with Gasteiger partial charge in [0.25, 0.3) is 0 Å². The van der Waals surface area contributed by atoms with Crippen LogP contribution in [-0.4, -0.2) is 50.6 Å². The van der Waals surface area contributed by atoms with Crippen molar-refractivity contribution in [1.29, 1.82) is 0 Å². The summed E-state index contributed by atoms with van der Waals surface area (Å²) in [5.74, 6) is 0.769. The maximum Gasteiger partial charge on any atom is 0.238 e. The van der Waals surface area contributed by atoms with Crippen LogP contribution >= 0.6 is 15.9 Å². The predicted molar refractivity (Wildman–Crippen MR) is 83.3 cm³/mol. The molecule has 1 fully saturated rings. The zero-order valence-electron chi connectivity index (χ0n) is 11.6. The first-order chi connectivity index (χ1) is 9.69. The van der Waals surface area contributed by atoms with E-state index in [1.807, 2.05) is 18.2 Å². The first-order valence-corrected chi connectivity index (χ1v) is 7.55. The minimum Gasteiger partial charge on any atom is -0.496 e. The molecule has 2 N–H and O–H groups in total. The number of methoxy groups -OCH3 is 1. The summed E-state index contributed by atoms with van der Waals surface area (Å²) in [6.07, 6.45) is 1.08. The van der Waals surface area contributed by atoms with E-state index in [-0.39, 0.29) is 5.91 Å². The van der Waals surface area contributed by atoms with Gasteiger partial charge in [0, 0.05) is 18.8 Å². The number of benzene rings is 1. The Bertz CT molecular complexity index is 460. The number of hydrogen-bond donors (Lipinski definition) is 2. The topological polar surface area (TPSA) is 53.6 Å². The second-order valence-electron chi connectivity index (χ2n) is 4.78. The van der Waals surface area contributed by atoms with E-state index in [0.29, 0.717) is 6.54 Å². The zero-order chi connectivity index (χ0) is 14.4. The number of hydrogen-bond acceptors (Lipinski definition) is 4. The lowest BCUT2D eigenvalue weighted by Crippen LogP contribution is -2.35. The predicted octanol–water partition coefficient (Wildman–Crippen LogP) is 1.69. The first-order valence-electron chi connectivity index (χ1n) is 6.75. The molecule has 20 heavy (non-hydrogen) atoms. The second kappa shape index (κ2) is 7.61. The molecule has 0 spiro atoms. The average molecular weight is 342 g/mol. The molecule has 110 valence electrons. The fourth-order valence-corrected chi connectivity index (χ4v) is 2.75. The molecular weight excluding hydrogens is 322 g/mol. The average Bonchev–Trinajstić information content (AvgIpc) is 2.67. The molecule has 0 bridgehead atoms. The minimum atomic E-state index is 0.0176. The van der Waals surface area contributed by atoms with Crippen LogP contribution in [0.1, 0.15) is 6.42 Å². The van der Waals surface area contributed by atoms with Crippen molar-refractivity contribution in [2.24, 2.45) is 0 Å². The molecule has 0 saturated carbocycles. The van der Waals surface area contributed by atoms with E-state index in [1.54, 1.807) is 7.11 Å². The van der Waals surface area contributed by atoms with Gasteiger partial charge in [-0.25, -0.2) is 0 Å². The fourth-order valence-electron chi connectivity index (χ4n) is 2.21. The van der Waals surface area contributed by atoms with Gasteiger partial charge in [0.05, 0.1) is 18.1 Å². The third kappa shape index (κ3) is 4.47. The van der Waals surface area contributed by atoms with Crippen LogP contribution in [0, 0.1) is 0 Å². The van der Waals surface area contributed by atoms with Crippen molar-refractivity contribution in [1.82, 2.24) is 10.2 Å². The van der Waals surface area contributed by atoms with Gasteiger partial charge in [-0.05, 0) is 53.6 Å². The highest BCUT2D eigenvalue weighted by Crippen LogP contribution is 2.27. The molecule has 1 aliphatic rings. The normalized spacial score (nSPS) is 16.5. The second-order valence-corrected chi connectivity index (χ2v) is 5.63. The van der Waals surface area contributed by atoms with Gasteiger partial charge < -0.3 is 15.4 Å². The standard InChI is InChI=1S/C14H20BrN3O2/c1-20-13-4-3-11(9-12(13)15)17-14(19)10-18-7-2-5-16-6-8-18/h3-4,9,16H,2,5-8,10H2,1H3,(H,17,19). The molecule has 6 heteroatoms. The molecule has 1 aromatic rings. The lowest BCUT2D eigenvalue weighted by atomic mass is 10.3. The molecule has 1 heterocycles. The van der Waals surface area contributed by atoms with Crippen molar-refractivity contribution < 1.29 is 9.53 Å². The number of rotatable bonds is 4. The molecule has 0 unspecified atom stereocenters. The largest absolute Gasteiger partial charge is 0.496 e. The van der Waals surface area contributed by atoms with Gasteiger partial charge in [0.15, 0.2) is 0 Å². The summed E-state index contributed by atoms with van der Waals surface area (Å²) >= 11 is 3.41. The van der Waals surface area contributed by atoms with E-state index >= 15 is 0 Å². The number of halogens is 1. The van der Waals surface area contributed by atoms with Gasteiger partial charge in [-0.3, -0.25) is 9.69 Å². The maximum absolute atomic E-state index is 12.0. The Morgan fingerprint density at radius 1 is 1.45 bits per heavy atom. The third-order valence-electron chi connectivity index (χ3n) is 3.24. The van der Waals surface area contributed by atoms with Crippen molar-refractivity contribution in [2.45, 2.75) is 6.42 Å². The summed E-state index contributed by atoms with van der Waals surface area (Å²) < 4.78 is 6.00. The van der Waals surface area contributed by atoms with Gasteiger partial charge in [-0.1, -0.05) is 0 Å². The lowest BCUT2D eigenvalue weighted by molar-refractivity contribution is -0.117. The highest BCUT2D eigenvalue weighted by molar-refractivity contribution is 9.10. The fraction of sp³-hybridized carbons (Fsp3) is 0.500. The molecule has 2 rings (SSSR count). The van der Waals surface area contributed by atoms with Crippen LogP contribution in [0.5, 0.6) is 5.75 Å². The van der Waals surface area contributed by atoms with Crippen molar-refractivity contribution in [3.63, 3.8) is 0 Å². The van der Waals surface area contributed by atoms with E-state index in [4.69, 9.17) is 4.74 Å². The van der Waals surface area contributed by atoms with Gasteiger partial charge in [0.1, 0.15) is 5.75 Å². The molecule has 1 aliphatic heterocycles. The Morgan fingerprint density at radius 3 is 3.05 bits per heavy atom. The van der Waals surface area contributed by atoms with E-state index in [0.717, 1.165) is 48.5 Å². The highest BCUT2D eigenvalue weighted by Gasteiger charge is 2.13. The summed E-state index contributed by atoms with van der Waals surface area (Å²) in [6.45, 7) is 4.29. The molecule has 0 atom stereocenters. The van der Waals surface area contributed by atoms with Crippen molar-refractivity contribution >= 4 is 27.5 Å². The van der Waals surface area contributed by atoms with Gasteiger partial charge in [0.2, 0.25) is 5.91 Å². The van der Waals surface area contributed by atoms with Gasteiger partial charge >= 0.3 is 0 Å². The summed E-state index contributed by atoms with van der Waals surface area (Å²) in [4.78, 5) is 14.2. The zero-order valence-corrected chi connectivity index (χ0v) is 13.2. The van der Waals surface area contributed by atoms with Crippen molar-refractivity contribution in [3.05, 3.63) is 22.7 Å². The van der Waals surface area contributed by atoms with E-state index in [9.17, 15) is 4.79 Å². The number of nitrogens with zero attached hydrogens (tertiary/aromatic N) is 1. The Kier molecular flexibility index (Phi) is 5.82. The Morgan fingerprint density at radius 2 is 2.30 bits per heavy atom. The highest BCUT2D eigenvalue weighted by atomic mass is 79.9. The molecular formula is C14H20BrN3O2. The molecule has 1 aromatic carbocycles. The molecule has 1 amide bonds. The number of amides is 1.